The summed E-state index contributed by atoms with van der Waals surface area (Å²) in [5, 5.41) is 3.94. The Hall–Kier alpha value is -2.37. The van der Waals surface area contributed by atoms with Crippen molar-refractivity contribution in [2.75, 3.05) is 6.61 Å². The van der Waals surface area contributed by atoms with Crippen LogP contribution < -0.4 is 5.69 Å². The zero-order chi connectivity index (χ0) is 15.4. The quantitative estimate of drug-likeness (QED) is 0.786. The number of rotatable bonds is 5. The standard InChI is InChI=1S/C15H19N3O3/c1-4-21-14(19)9-18-15(20)17(10-16-18)13-7-5-12(6-8-13)11(2)3/h5-8,10-11H,4,9H2,1-3H3. The highest BCUT2D eigenvalue weighted by Crippen LogP contribution is 2.15. The molecule has 0 aliphatic heterocycles. The van der Waals surface area contributed by atoms with E-state index in [1.807, 2.05) is 24.3 Å². The summed E-state index contributed by atoms with van der Waals surface area (Å²) in [7, 11) is 0. The number of ether oxygens (including phenoxy) is 1. The number of aromatic nitrogens is 3. The second kappa shape index (κ2) is 6.39. The van der Waals surface area contributed by atoms with Crippen LogP contribution in [0.1, 0.15) is 32.3 Å². The molecule has 0 atom stereocenters. The summed E-state index contributed by atoms with van der Waals surface area (Å²) in [6.07, 6.45) is 1.41. The van der Waals surface area contributed by atoms with Gasteiger partial charge >= 0.3 is 11.7 Å². The van der Waals surface area contributed by atoms with E-state index in [1.54, 1.807) is 6.92 Å². The predicted octanol–water partition coefficient (Wildman–Crippen LogP) is 1.72. The fourth-order valence-corrected chi connectivity index (χ4v) is 1.97. The van der Waals surface area contributed by atoms with Crippen LogP contribution in [0.25, 0.3) is 5.69 Å². The van der Waals surface area contributed by atoms with Crippen LogP contribution in [0, 0.1) is 0 Å². The topological polar surface area (TPSA) is 66.1 Å². The van der Waals surface area contributed by atoms with Gasteiger partial charge < -0.3 is 4.74 Å². The molecule has 6 nitrogen and oxygen atoms in total. The first-order valence-corrected chi connectivity index (χ1v) is 6.93. The highest BCUT2D eigenvalue weighted by molar-refractivity contribution is 5.68. The summed E-state index contributed by atoms with van der Waals surface area (Å²) in [4.78, 5) is 23.6. The third-order valence-electron chi connectivity index (χ3n) is 3.16. The van der Waals surface area contributed by atoms with Gasteiger partial charge in [0.2, 0.25) is 0 Å². The van der Waals surface area contributed by atoms with Gasteiger partial charge in [-0.2, -0.15) is 5.10 Å². The lowest BCUT2D eigenvalue weighted by atomic mass is 10.0. The Morgan fingerprint density at radius 2 is 1.95 bits per heavy atom. The fourth-order valence-electron chi connectivity index (χ4n) is 1.97. The Labute approximate surface area is 123 Å². The first kappa shape index (κ1) is 15.0. The van der Waals surface area contributed by atoms with Crippen LogP contribution in [-0.4, -0.2) is 26.9 Å². The summed E-state index contributed by atoms with van der Waals surface area (Å²) in [5.74, 6) is -0.0395. The molecule has 0 aliphatic rings. The third-order valence-corrected chi connectivity index (χ3v) is 3.16. The lowest BCUT2D eigenvalue weighted by Gasteiger charge is -2.06. The van der Waals surface area contributed by atoms with E-state index >= 15 is 0 Å². The lowest BCUT2D eigenvalue weighted by molar-refractivity contribution is -0.144. The molecule has 2 rings (SSSR count). The van der Waals surface area contributed by atoms with Gasteiger partial charge in [0.25, 0.3) is 0 Å². The van der Waals surface area contributed by atoms with Crippen molar-refractivity contribution in [3.05, 3.63) is 46.6 Å². The van der Waals surface area contributed by atoms with E-state index in [1.165, 1.54) is 16.5 Å². The van der Waals surface area contributed by atoms with Gasteiger partial charge in [-0.05, 0) is 30.5 Å². The monoisotopic (exact) mass is 289 g/mol. The van der Waals surface area contributed by atoms with Gasteiger partial charge in [0, 0.05) is 0 Å². The van der Waals surface area contributed by atoms with Gasteiger partial charge in [0.15, 0.2) is 0 Å². The number of carbonyl (C=O) groups excluding carboxylic acids is 1. The molecule has 0 aliphatic carbocycles. The van der Waals surface area contributed by atoms with Crippen molar-refractivity contribution in [2.24, 2.45) is 0 Å². The first-order valence-electron chi connectivity index (χ1n) is 6.93. The zero-order valence-electron chi connectivity index (χ0n) is 12.4. The maximum atomic E-state index is 12.2. The number of carbonyl (C=O) groups is 1. The fraction of sp³-hybridized carbons (Fsp3) is 0.400. The van der Waals surface area contributed by atoms with Crippen molar-refractivity contribution < 1.29 is 9.53 Å². The molecule has 1 aromatic heterocycles. The van der Waals surface area contributed by atoms with Gasteiger partial charge in [0.1, 0.15) is 12.9 Å². The second-order valence-corrected chi connectivity index (χ2v) is 4.99. The van der Waals surface area contributed by atoms with Crippen LogP contribution in [-0.2, 0) is 16.1 Å². The van der Waals surface area contributed by atoms with Crippen molar-refractivity contribution in [3.63, 3.8) is 0 Å². The molecule has 0 N–H and O–H groups in total. The van der Waals surface area contributed by atoms with Crippen LogP contribution in [0.3, 0.4) is 0 Å². The molecule has 112 valence electrons. The van der Waals surface area contributed by atoms with E-state index in [2.05, 4.69) is 18.9 Å². The van der Waals surface area contributed by atoms with E-state index in [9.17, 15) is 9.59 Å². The Balaban J connectivity index is 2.23. The molecule has 0 unspecified atom stereocenters. The molecule has 1 heterocycles. The van der Waals surface area contributed by atoms with E-state index in [-0.39, 0.29) is 18.8 Å². The van der Waals surface area contributed by atoms with E-state index in [0.29, 0.717) is 5.92 Å². The van der Waals surface area contributed by atoms with E-state index in [0.717, 1.165) is 10.4 Å². The molecule has 0 amide bonds. The number of esters is 1. The SMILES string of the molecule is CCOC(=O)Cn1ncn(-c2ccc(C(C)C)cc2)c1=O. The summed E-state index contributed by atoms with van der Waals surface area (Å²) in [6.45, 7) is 6.04. The molecule has 0 fully saturated rings. The average molecular weight is 289 g/mol. The normalized spacial score (nSPS) is 10.9. The van der Waals surface area contributed by atoms with Crippen molar-refractivity contribution in [1.29, 1.82) is 0 Å². The molecule has 0 spiro atoms. The molecule has 21 heavy (non-hydrogen) atoms. The van der Waals surface area contributed by atoms with Crippen LogP contribution in [0.4, 0.5) is 0 Å². The van der Waals surface area contributed by atoms with E-state index in [4.69, 9.17) is 4.74 Å². The smallest absolute Gasteiger partial charge is 0.350 e. The van der Waals surface area contributed by atoms with Gasteiger partial charge in [-0.25, -0.2) is 14.0 Å². The Kier molecular flexibility index (Phi) is 4.57. The second-order valence-electron chi connectivity index (χ2n) is 4.99. The lowest BCUT2D eigenvalue weighted by Crippen LogP contribution is -2.27. The Bertz CT molecular complexity index is 668. The van der Waals surface area contributed by atoms with Crippen molar-refractivity contribution >= 4 is 5.97 Å². The summed E-state index contributed by atoms with van der Waals surface area (Å²) < 4.78 is 7.31. The molecule has 6 heteroatoms. The van der Waals surface area contributed by atoms with Crippen molar-refractivity contribution in [2.45, 2.75) is 33.2 Å². The highest BCUT2D eigenvalue weighted by Gasteiger charge is 2.11. The number of hydrogen-bond acceptors (Lipinski definition) is 4. The number of hydrogen-bond donors (Lipinski definition) is 0. The molecular weight excluding hydrogens is 270 g/mol. The maximum absolute atomic E-state index is 12.2. The zero-order valence-corrected chi connectivity index (χ0v) is 12.4. The highest BCUT2D eigenvalue weighted by atomic mass is 16.5. The molecule has 2 aromatic rings. The van der Waals surface area contributed by atoms with E-state index < -0.39 is 5.97 Å². The van der Waals surface area contributed by atoms with Gasteiger partial charge in [-0.15, -0.1) is 0 Å². The van der Waals surface area contributed by atoms with Crippen molar-refractivity contribution in [1.82, 2.24) is 14.3 Å². The van der Waals surface area contributed by atoms with Crippen LogP contribution >= 0.6 is 0 Å². The maximum Gasteiger partial charge on any atom is 0.350 e. The van der Waals surface area contributed by atoms with Crippen LogP contribution in [0.5, 0.6) is 0 Å². The number of nitrogens with zero attached hydrogens (tertiary/aromatic N) is 3. The summed E-state index contributed by atoms with van der Waals surface area (Å²) in [6, 6.07) is 7.70. The summed E-state index contributed by atoms with van der Waals surface area (Å²) >= 11 is 0. The predicted molar refractivity (Wildman–Crippen MR) is 78.5 cm³/mol. The van der Waals surface area contributed by atoms with Gasteiger partial charge in [-0.3, -0.25) is 4.79 Å². The minimum absolute atomic E-state index is 0.177. The molecular formula is C15H19N3O3. The molecule has 1 aromatic carbocycles. The van der Waals surface area contributed by atoms with Gasteiger partial charge in [0.05, 0.1) is 12.3 Å². The molecule has 0 saturated carbocycles. The first-order chi connectivity index (χ1) is 10.0. The number of benzene rings is 1. The Morgan fingerprint density at radius 3 is 2.52 bits per heavy atom. The molecule has 0 saturated heterocycles. The van der Waals surface area contributed by atoms with Gasteiger partial charge in [-0.1, -0.05) is 26.0 Å². The summed E-state index contributed by atoms with van der Waals surface area (Å²) in [5.41, 5.74) is 1.56. The molecule has 0 bridgehead atoms. The molecule has 0 radical (unpaired) electrons. The van der Waals surface area contributed by atoms with Crippen LogP contribution in [0.15, 0.2) is 35.4 Å². The van der Waals surface area contributed by atoms with Crippen molar-refractivity contribution in [3.8, 4) is 5.69 Å². The van der Waals surface area contributed by atoms with Crippen LogP contribution in [0.2, 0.25) is 0 Å². The third kappa shape index (κ3) is 3.39. The Morgan fingerprint density at radius 1 is 1.29 bits per heavy atom. The minimum Gasteiger partial charge on any atom is -0.465 e. The average Bonchev–Trinajstić information content (AvgIpc) is 2.80. The minimum atomic E-state index is -0.472. The largest absolute Gasteiger partial charge is 0.465 e.